The van der Waals surface area contributed by atoms with Gasteiger partial charge in [0.1, 0.15) is 0 Å². The molecular formula is C34H49N5O3. The summed E-state index contributed by atoms with van der Waals surface area (Å²) in [5.74, 6) is -0.145. The lowest BCUT2D eigenvalue weighted by Crippen LogP contribution is -2.50. The monoisotopic (exact) mass is 575 g/mol. The zero-order chi connectivity index (χ0) is 30.6. The maximum absolute atomic E-state index is 13.7. The van der Waals surface area contributed by atoms with Crippen LogP contribution in [0.2, 0.25) is 0 Å². The molecule has 228 valence electrons. The van der Waals surface area contributed by atoms with Crippen molar-refractivity contribution < 1.29 is 14.4 Å². The number of nitrogens with one attached hydrogen (secondary N) is 3. The third-order valence-corrected chi connectivity index (χ3v) is 9.06. The fourth-order valence-electron chi connectivity index (χ4n) is 6.71. The van der Waals surface area contributed by atoms with E-state index in [4.69, 9.17) is 0 Å². The van der Waals surface area contributed by atoms with Crippen LogP contribution in [0.5, 0.6) is 0 Å². The standard InChI is InChI=1S/C34H49N5O3/c1-21-16-22(2)36-34(42)31(21)19-35-33(41)30-17-27(26-10-8-25(9-11-26)20-38(5)6)18-32(23(30)3)39(7)29-14-12-28(13-15-29)37-24(4)40/h8-11,17-18,21-22,28-29,31H,12-16,19-20H2,1-7H3,(H,35,41)(H,36,42)(H,37,40)/t21?,22?,28-,29-,31?. The quantitative estimate of drug-likeness (QED) is 0.410. The molecule has 0 radical (unpaired) electrons. The third kappa shape index (κ3) is 7.71. The maximum Gasteiger partial charge on any atom is 0.251 e. The number of benzene rings is 2. The summed E-state index contributed by atoms with van der Waals surface area (Å²) in [7, 11) is 6.23. The number of hydrogen-bond donors (Lipinski definition) is 3. The van der Waals surface area contributed by atoms with Crippen LogP contribution in [-0.4, -0.2) is 68.4 Å². The largest absolute Gasteiger partial charge is 0.371 e. The van der Waals surface area contributed by atoms with Gasteiger partial charge in [0.05, 0.1) is 5.92 Å². The van der Waals surface area contributed by atoms with Gasteiger partial charge in [0.2, 0.25) is 11.8 Å². The Morgan fingerprint density at radius 2 is 1.64 bits per heavy atom. The van der Waals surface area contributed by atoms with Crippen LogP contribution in [0.3, 0.4) is 0 Å². The summed E-state index contributed by atoms with van der Waals surface area (Å²) in [4.78, 5) is 42.4. The number of carbonyl (C=O) groups excluding carboxylic acids is 3. The van der Waals surface area contributed by atoms with Crippen molar-refractivity contribution in [2.75, 3.05) is 32.6 Å². The minimum absolute atomic E-state index is 0.0140. The summed E-state index contributed by atoms with van der Waals surface area (Å²) in [6, 6.07) is 13.4. The van der Waals surface area contributed by atoms with Crippen molar-refractivity contribution in [1.29, 1.82) is 0 Å². The minimum Gasteiger partial charge on any atom is -0.371 e. The van der Waals surface area contributed by atoms with E-state index in [0.29, 0.717) is 18.2 Å². The van der Waals surface area contributed by atoms with Gasteiger partial charge in [-0.2, -0.15) is 0 Å². The minimum atomic E-state index is -0.237. The predicted molar refractivity (Wildman–Crippen MR) is 169 cm³/mol. The van der Waals surface area contributed by atoms with Crippen molar-refractivity contribution in [3.63, 3.8) is 0 Å². The normalized spacial score (nSPS) is 24.2. The van der Waals surface area contributed by atoms with Crippen LogP contribution in [0.1, 0.15) is 74.4 Å². The number of carbonyl (C=O) groups is 3. The van der Waals surface area contributed by atoms with Gasteiger partial charge in [-0.05, 0) is 100 Å². The Bertz CT molecular complexity index is 1270. The number of piperidine rings is 1. The second kappa shape index (κ2) is 13.7. The average molecular weight is 576 g/mol. The predicted octanol–water partition coefficient (Wildman–Crippen LogP) is 4.50. The summed E-state index contributed by atoms with van der Waals surface area (Å²) in [6.45, 7) is 8.89. The van der Waals surface area contributed by atoms with Gasteiger partial charge >= 0.3 is 0 Å². The lowest BCUT2D eigenvalue weighted by Gasteiger charge is -2.37. The lowest BCUT2D eigenvalue weighted by atomic mass is 9.84. The van der Waals surface area contributed by atoms with E-state index in [2.05, 4.69) is 84.1 Å². The molecule has 1 aliphatic carbocycles. The number of nitrogens with zero attached hydrogens (tertiary/aromatic N) is 2. The maximum atomic E-state index is 13.7. The first-order valence-electron chi connectivity index (χ1n) is 15.4. The third-order valence-electron chi connectivity index (χ3n) is 9.06. The van der Waals surface area contributed by atoms with Crippen molar-refractivity contribution in [3.8, 4) is 11.1 Å². The molecule has 1 saturated heterocycles. The van der Waals surface area contributed by atoms with Crippen molar-refractivity contribution in [3.05, 3.63) is 53.1 Å². The number of rotatable bonds is 9. The first-order valence-corrected chi connectivity index (χ1v) is 15.4. The molecular weight excluding hydrogens is 526 g/mol. The Morgan fingerprint density at radius 3 is 2.24 bits per heavy atom. The van der Waals surface area contributed by atoms with E-state index in [9.17, 15) is 14.4 Å². The van der Waals surface area contributed by atoms with E-state index in [-0.39, 0.29) is 41.6 Å². The van der Waals surface area contributed by atoms with Gasteiger partial charge in [0, 0.05) is 56.4 Å². The molecule has 3 amide bonds. The van der Waals surface area contributed by atoms with Crippen LogP contribution in [0, 0.1) is 18.8 Å². The smallest absolute Gasteiger partial charge is 0.251 e. The Labute approximate surface area is 251 Å². The Hall–Kier alpha value is -3.39. The molecule has 0 aromatic heterocycles. The molecule has 1 aliphatic heterocycles. The molecule has 3 unspecified atom stereocenters. The van der Waals surface area contributed by atoms with Gasteiger partial charge in [0.15, 0.2) is 0 Å². The van der Waals surface area contributed by atoms with Crippen LogP contribution >= 0.6 is 0 Å². The highest BCUT2D eigenvalue weighted by atomic mass is 16.2. The highest BCUT2D eigenvalue weighted by Gasteiger charge is 2.33. The van der Waals surface area contributed by atoms with E-state index in [1.807, 2.05) is 19.9 Å². The van der Waals surface area contributed by atoms with Crippen LogP contribution in [0.15, 0.2) is 36.4 Å². The molecule has 8 nitrogen and oxygen atoms in total. The molecule has 4 rings (SSSR count). The van der Waals surface area contributed by atoms with Gasteiger partial charge in [-0.15, -0.1) is 0 Å². The van der Waals surface area contributed by atoms with Gasteiger partial charge < -0.3 is 25.8 Å². The molecule has 0 spiro atoms. The summed E-state index contributed by atoms with van der Waals surface area (Å²) in [5.41, 5.74) is 5.89. The molecule has 8 heteroatoms. The molecule has 2 aromatic rings. The molecule has 2 fully saturated rings. The molecule has 2 aliphatic rings. The van der Waals surface area contributed by atoms with E-state index >= 15 is 0 Å². The summed E-state index contributed by atoms with van der Waals surface area (Å²) < 4.78 is 0. The molecule has 42 heavy (non-hydrogen) atoms. The van der Waals surface area contributed by atoms with Crippen LogP contribution in [-0.2, 0) is 16.1 Å². The van der Waals surface area contributed by atoms with Crippen molar-refractivity contribution in [1.82, 2.24) is 20.9 Å². The van der Waals surface area contributed by atoms with Crippen molar-refractivity contribution >= 4 is 23.4 Å². The highest BCUT2D eigenvalue weighted by Crippen LogP contribution is 2.35. The van der Waals surface area contributed by atoms with Crippen LogP contribution < -0.4 is 20.9 Å². The lowest BCUT2D eigenvalue weighted by molar-refractivity contribution is -0.129. The summed E-state index contributed by atoms with van der Waals surface area (Å²) >= 11 is 0. The van der Waals surface area contributed by atoms with Gasteiger partial charge in [-0.3, -0.25) is 14.4 Å². The topological polar surface area (TPSA) is 93.8 Å². The number of hydrogen-bond acceptors (Lipinski definition) is 5. The number of amides is 3. The fourth-order valence-corrected chi connectivity index (χ4v) is 6.71. The molecule has 3 N–H and O–H groups in total. The van der Waals surface area contributed by atoms with Crippen molar-refractivity contribution in [2.24, 2.45) is 11.8 Å². The molecule has 0 bridgehead atoms. The van der Waals surface area contributed by atoms with Crippen LogP contribution in [0.25, 0.3) is 11.1 Å². The Balaban J connectivity index is 1.61. The molecule has 3 atom stereocenters. The van der Waals surface area contributed by atoms with E-state index in [0.717, 1.165) is 61.0 Å². The van der Waals surface area contributed by atoms with Gasteiger partial charge in [-0.1, -0.05) is 31.2 Å². The second-order valence-corrected chi connectivity index (χ2v) is 12.9. The van der Waals surface area contributed by atoms with Gasteiger partial charge in [-0.25, -0.2) is 0 Å². The van der Waals surface area contributed by atoms with Crippen molar-refractivity contribution in [2.45, 2.75) is 84.5 Å². The highest BCUT2D eigenvalue weighted by molar-refractivity contribution is 5.99. The van der Waals surface area contributed by atoms with E-state index in [1.165, 1.54) is 5.56 Å². The Kier molecular flexibility index (Phi) is 10.3. The van der Waals surface area contributed by atoms with E-state index in [1.54, 1.807) is 6.92 Å². The fraction of sp³-hybridized carbons (Fsp3) is 0.559. The first-order chi connectivity index (χ1) is 19.9. The summed E-state index contributed by atoms with van der Waals surface area (Å²) in [5, 5.41) is 9.20. The molecule has 1 saturated carbocycles. The zero-order valence-corrected chi connectivity index (χ0v) is 26.4. The molecule has 1 heterocycles. The van der Waals surface area contributed by atoms with Crippen LogP contribution in [0.4, 0.5) is 5.69 Å². The average Bonchev–Trinajstić information content (AvgIpc) is 2.92. The molecule has 2 aromatic carbocycles. The van der Waals surface area contributed by atoms with E-state index < -0.39 is 0 Å². The number of anilines is 1. The zero-order valence-electron chi connectivity index (χ0n) is 26.4. The summed E-state index contributed by atoms with van der Waals surface area (Å²) in [6.07, 6.45) is 4.73. The van der Waals surface area contributed by atoms with Gasteiger partial charge in [0.25, 0.3) is 5.91 Å². The second-order valence-electron chi connectivity index (χ2n) is 12.9. The first kappa shape index (κ1) is 31.5. The SMILES string of the molecule is CC(=O)N[C@H]1CC[C@H](N(C)c2cc(-c3ccc(CN(C)C)cc3)cc(C(=O)NCC3C(=O)NC(C)CC3C)c2C)CC1. The Morgan fingerprint density at radius 1 is 0.976 bits per heavy atom.